The molecular weight excluding hydrogens is 276 g/mol. The monoisotopic (exact) mass is 298 g/mol. The van der Waals surface area contributed by atoms with Crippen molar-refractivity contribution in [3.8, 4) is 5.75 Å². The van der Waals surface area contributed by atoms with Crippen LogP contribution in [0.1, 0.15) is 27.9 Å². The number of hydrogen-bond donors (Lipinski definition) is 1. The first-order valence-corrected chi connectivity index (χ1v) is 7.31. The summed E-state index contributed by atoms with van der Waals surface area (Å²) < 4.78 is 5.70. The molecule has 2 rings (SSSR count). The summed E-state index contributed by atoms with van der Waals surface area (Å²) >= 11 is 0. The highest BCUT2D eigenvalue weighted by Crippen LogP contribution is 2.24. The molecule has 4 nitrogen and oxygen atoms in total. The first-order valence-electron chi connectivity index (χ1n) is 7.31. The molecule has 2 aromatic rings. The van der Waals surface area contributed by atoms with E-state index in [1.54, 1.807) is 6.20 Å². The van der Waals surface area contributed by atoms with Gasteiger partial charge in [-0.15, -0.1) is 0 Å². The molecule has 0 saturated carbocycles. The van der Waals surface area contributed by atoms with Crippen LogP contribution in [-0.2, 0) is 4.79 Å². The Kier molecular flexibility index (Phi) is 4.81. The van der Waals surface area contributed by atoms with E-state index in [2.05, 4.69) is 22.4 Å². The van der Waals surface area contributed by atoms with E-state index in [1.807, 2.05) is 40.7 Å². The van der Waals surface area contributed by atoms with Gasteiger partial charge in [0.2, 0.25) is 0 Å². The molecule has 0 unspecified atom stereocenters. The highest BCUT2D eigenvalue weighted by Gasteiger charge is 2.11. The van der Waals surface area contributed by atoms with Gasteiger partial charge >= 0.3 is 0 Å². The van der Waals surface area contributed by atoms with E-state index in [0.717, 1.165) is 33.8 Å². The molecule has 0 aliphatic rings. The van der Waals surface area contributed by atoms with Crippen LogP contribution in [0.5, 0.6) is 5.75 Å². The van der Waals surface area contributed by atoms with Crippen LogP contribution in [0.25, 0.3) is 0 Å². The lowest BCUT2D eigenvalue weighted by molar-refractivity contribution is -0.118. The number of carbonyl (C=O) groups is 1. The SMILES string of the molecule is Cc1cc(C)c(OCC(=O)Nc2c(C)ccnc2C)c(C)c1. The zero-order valence-electron chi connectivity index (χ0n) is 13.8. The minimum Gasteiger partial charge on any atom is -0.483 e. The lowest BCUT2D eigenvalue weighted by Gasteiger charge is -2.14. The van der Waals surface area contributed by atoms with Crippen molar-refractivity contribution in [1.29, 1.82) is 0 Å². The van der Waals surface area contributed by atoms with Crippen LogP contribution in [0.3, 0.4) is 0 Å². The van der Waals surface area contributed by atoms with Gasteiger partial charge in [-0.3, -0.25) is 9.78 Å². The van der Waals surface area contributed by atoms with Gasteiger partial charge in [0.1, 0.15) is 5.75 Å². The molecule has 1 heterocycles. The fraction of sp³-hybridized carbons (Fsp3) is 0.333. The van der Waals surface area contributed by atoms with Gasteiger partial charge in [0.05, 0.1) is 11.4 Å². The molecule has 22 heavy (non-hydrogen) atoms. The summed E-state index contributed by atoms with van der Waals surface area (Å²) in [5.41, 5.74) is 5.82. The second-order valence-corrected chi connectivity index (χ2v) is 5.65. The Morgan fingerprint density at radius 1 is 1.09 bits per heavy atom. The zero-order valence-corrected chi connectivity index (χ0v) is 13.8. The first-order chi connectivity index (χ1) is 10.4. The lowest BCUT2D eigenvalue weighted by Crippen LogP contribution is -2.22. The average Bonchev–Trinajstić information content (AvgIpc) is 2.42. The third kappa shape index (κ3) is 3.64. The predicted octanol–water partition coefficient (Wildman–Crippen LogP) is 3.64. The molecule has 1 N–H and O–H groups in total. The van der Waals surface area contributed by atoms with Crippen molar-refractivity contribution in [2.75, 3.05) is 11.9 Å². The van der Waals surface area contributed by atoms with Gasteiger partial charge in [-0.05, 0) is 57.4 Å². The number of ether oxygens (including phenoxy) is 1. The number of rotatable bonds is 4. The van der Waals surface area contributed by atoms with Crippen LogP contribution in [0.15, 0.2) is 24.4 Å². The summed E-state index contributed by atoms with van der Waals surface area (Å²) in [5, 5.41) is 2.87. The molecule has 0 atom stereocenters. The summed E-state index contributed by atoms with van der Waals surface area (Å²) in [6.45, 7) is 9.82. The molecule has 1 aromatic heterocycles. The maximum absolute atomic E-state index is 12.1. The van der Waals surface area contributed by atoms with Crippen LogP contribution in [0, 0.1) is 34.6 Å². The van der Waals surface area contributed by atoms with Crippen molar-refractivity contribution in [3.05, 3.63) is 52.3 Å². The van der Waals surface area contributed by atoms with Gasteiger partial charge in [-0.1, -0.05) is 17.7 Å². The number of nitrogens with one attached hydrogen (secondary N) is 1. The lowest BCUT2D eigenvalue weighted by atomic mass is 10.1. The van der Waals surface area contributed by atoms with Crippen LogP contribution in [-0.4, -0.2) is 17.5 Å². The predicted molar refractivity (Wildman–Crippen MR) is 88.5 cm³/mol. The van der Waals surface area contributed by atoms with E-state index in [1.165, 1.54) is 5.56 Å². The number of benzene rings is 1. The van der Waals surface area contributed by atoms with Gasteiger partial charge < -0.3 is 10.1 Å². The second-order valence-electron chi connectivity index (χ2n) is 5.65. The maximum Gasteiger partial charge on any atom is 0.262 e. The Morgan fingerprint density at radius 2 is 1.73 bits per heavy atom. The molecule has 0 spiro atoms. The van der Waals surface area contributed by atoms with E-state index in [9.17, 15) is 4.79 Å². The first kappa shape index (κ1) is 16.0. The van der Waals surface area contributed by atoms with Crippen molar-refractivity contribution < 1.29 is 9.53 Å². The van der Waals surface area contributed by atoms with Gasteiger partial charge in [0.15, 0.2) is 6.61 Å². The van der Waals surface area contributed by atoms with Crippen molar-refractivity contribution in [1.82, 2.24) is 4.98 Å². The number of aryl methyl sites for hydroxylation is 5. The second kappa shape index (κ2) is 6.60. The molecule has 0 fully saturated rings. The smallest absolute Gasteiger partial charge is 0.262 e. The fourth-order valence-corrected chi connectivity index (χ4v) is 2.59. The number of pyridine rings is 1. The number of carbonyl (C=O) groups excluding carboxylic acids is 1. The molecular formula is C18H22N2O2. The molecule has 116 valence electrons. The largest absolute Gasteiger partial charge is 0.483 e. The minimum atomic E-state index is -0.182. The normalized spacial score (nSPS) is 10.4. The Balaban J connectivity index is 2.05. The van der Waals surface area contributed by atoms with Crippen molar-refractivity contribution in [3.63, 3.8) is 0 Å². The zero-order chi connectivity index (χ0) is 16.3. The molecule has 1 aromatic carbocycles. The number of nitrogens with zero attached hydrogens (tertiary/aromatic N) is 1. The third-order valence-electron chi connectivity index (χ3n) is 3.57. The van der Waals surface area contributed by atoms with Crippen LogP contribution < -0.4 is 10.1 Å². The third-order valence-corrected chi connectivity index (χ3v) is 3.57. The minimum absolute atomic E-state index is 0.0154. The number of amides is 1. The van der Waals surface area contributed by atoms with Crippen LogP contribution >= 0.6 is 0 Å². The van der Waals surface area contributed by atoms with Gasteiger partial charge in [0.25, 0.3) is 5.91 Å². The molecule has 0 bridgehead atoms. The summed E-state index contributed by atoms with van der Waals surface area (Å²) in [4.78, 5) is 16.3. The summed E-state index contributed by atoms with van der Waals surface area (Å²) in [6, 6.07) is 5.98. The van der Waals surface area contributed by atoms with E-state index < -0.39 is 0 Å². The molecule has 1 amide bonds. The van der Waals surface area contributed by atoms with Crippen molar-refractivity contribution in [2.24, 2.45) is 0 Å². The number of hydrogen-bond acceptors (Lipinski definition) is 3. The molecule has 0 aliphatic heterocycles. The average molecular weight is 298 g/mol. The Hall–Kier alpha value is -2.36. The summed E-state index contributed by atoms with van der Waals surface area (Å²) in [5.74, 6) is 0.596. The van der Waals surface area contributed by atoms with Gasteiger partial charge in [0, 0.05) is 6.20 Å². The van der Waals surface area contributed by atoms with E-state index >= 15 is 0 Å². The van der Waals surface area contributed by atoms with Crippen molar-refractivity contribution in [2.45, 2.75) is 34.6 Å². The van der Waals surface area contributed by atoms with E-state index in [0.29, 0.717) is 0 Å². The van der Waals surface area contributed by atoms with Crippen LogP contribution in [0.4, 0.5) is 5.69 Å². The molecule has 0 saturated heterocycles. The van der Waals surface area contributed by atoms with Gasteiger partial charge in [-0.25, -0.2) is 0 Å². The Morgan fingerprint density at radius 3 is 2.32 bits per heavy atom. The highest BCUT2D eigenvalue weighted by atomic mass is 16.5. The topological polar surface area (TPSA) is 51.2 Å². The summed E-state index contributed by atoms with van der Waals surface area (Å²) in [7, 11) is 0. The van der Waals surface area contributed by atoms with Gasteiger partial charge in [-0.2, -0.15) is 0 Å². The Bertz CT molecular complexity index is 665. The molecule has 0 aliphatic carbocycles. The quantitative estimate of drug-likeness (QED) is 0.937. The van der Waals surface area contributed by atoms with E-state index in [4.69, 9.17) is 4.74 Å². The summed E-state index contributed by atoms with van der Waals surface area (Å²) in [6.07, 6.45) is 1.73. The number of aromatic nitrogens is 1. The molecule has 0 radical (unpaired) electrons. The number of anilines is 1. The van der Waals surface area contributed by atoms with E-state index in [-0.39, 0.29) is 12.5 Å². The van der Waals surface area contributed by atoms with Crippen LogP contribution in [0.2, 0.25) is 0 Å². The highest BCUT2D eigenvalue weighted by molar-refractivity contribution is 5.93. The Labute approximate surface area is 131 Å². The fourth-order valence-electron chi connectivity index (χ4n) is 2.59. The maximum atomic E-state index is 12.1. The van der Waals surface area contributed by atoms with Crippen molar-refractivity contribution >= 4 is 11.6 Å². The molecule has 4 heteroatoms. The standard InChI is InChI=1S/C18H22N2O2/c1-11-8-13(3)18(14(4)9-11)22-10-16(21)20-17-12(2)6-7-19-15(17)5/h6-9H,10H2,1-5H3,(H,20,21).